The lowest BCUT2D eigenvalue weighted by atomic mass is 9.94. The average molecular weight is 299 g/mol. The molecule has 5 heteroatoms. The normalized spacial score (nSPS) is 16.0. The van der Waals surface area contributed by atoms with Gasteiger partial charge in [-0.3, -0.25) is 9.78 Å². The van der Waals surface area contributed by atoms with Gasteiger partial charge in [0, 0.05) is 17.8 Å². The maximum atomic E-state index is 9.60. The number of ether oxygens (including phenoxy) is 1. The predicted molar refractivity (Wildman–Crippen MR) is 81.0 cm³/mol. The summed E-state index contributed by atoms with van der Waals surface area (Å²) in [4.78, 5) is 13.9. The summed E-state index contributed by atoms with van der Waals surface area (Å²) < 4.78 is 4.55. The van der Waals surface area contributed by atoms with Crippen molar-refractivity contribution in [3.63, 3.8) is 0 Å². The minimum Gasteiger partial charge on any atom is -0.462 e. The largest absolute Gasteiger partial charge is 0.462 e. The maximum Gasteiger partial charge on any atom is 0.293 e. The van der Waals surface area contributed by atoms with Crippen molar-refractivity contribution in [1.29, 1.82) is 0 Å². The SMILES string of the molecule is CC(C)(C)OC=O.Clc1ccc(C2CCNCC2)nc1. The molecule has 1 fully saturated rings. The van der Waals surface area contributed by atoms with Crippen LogP contribution >= 0.6 is 11.6 Å². The second kappa shape index (κ2) is 8.22. The average Bonchev–Trinajstić information content (AvgIpc) is 2.40. The maximum absolute atomic E-state index is 9.60. The minimum atomic E-state index is -0.318. The molecule has 0 atom stereocenters. The van der Waals surface area contributed by atoms with Crippen LogP contribution in [0.1, 0.15) is 45.2 Å². The molecule has 0 unspecified atom stereocenters. The fraction of sp³-hybridized carbons (Fsp3) is 0.600. The number of hydrogen-bond acceptors (Lipinski definition) is 4. The highest BCUT2D eigenvalue weighted by molar-refractivity contribution is 6.30. The molecule has 0 radical (unpaired) electrons. The summed E-state index contributed by atoms with van der Waals surface area (Å²) in [6.45, 7) is 8.13. The number of aromatic nitrogens is 1. The molecule has 4 nitrogen and oxygen atoms in total. The fourth-order valence-corrected chi connectivity index (χ4v) is 2.00. The molecular weight excluding hydrogens is 276 g/mol. The first-order valence-corrected chi connectivity index (χ1v) is 7.24. The van der Waals surface area contributed by atoms with Gasteiger partial charge in [-0.25, -0.2) is 0 Å². The highest BCUT2D eigenvalue weighted by atomic mass is 35.5. The number of rotatable bonds is 2. The smallest absolute Gasteiger partial charge is 0.293 e. The zero-order chi connectivity index (χ0) is 15.0. The van der Waals surface area contributed by atoms with Crippen LogP contribution in [-0.4, -0.2) is 30.1 Å². The van der Waals surface area contributed by atoms with Gasteiger partial charge in [0.15, 0.2) is 0 Å². The Balaban J connectivity index is 0.000000246. The van der Waals surface area contributed by atoms with Crippen molar-refractivity contribution >= 4 is 18.1 Å². The molecule has 1 N–H and O–H groups in total. The summed E-state index contributed by atoms with van der Waals surface area (Å²) in [5, 5.41) is 4.06. The van der Waals surface area contributed by atoms with E-state index in [1.807, 2.05) is 32.9 Å². The molecule has 1 saturated heterocycles. The molecule has 0 aromatic carbocycles. The quantitative estimate of drug-likeness (QED) is 0.852. The van der Waals surface area contributed by atoms with Crippen LogP contribution in [-0.2, 0) is 9.53 Å². The van der Waals surface area contributed by atoms with Crippen molar-refractivity contribution in [2.24, 2.45) is 0 Å². The highest BCUT2D eigenvalue weighted by Gasteiger charge is 2.15. The van der Waals surface area contributed by atoms with Crippen molar-refractivity contribution in [2.45, 2.75) is 45.1 Å². The van der Waals surface area contributed by atoms with Crippen molar-refractivity contribution in [2.75, 3.05) is 13.1 Å². The summed E-state index contributed by atoms with van der Waals surface area (Å²) in [5.74, 6) is 0.624. The van der Waals surface area contributed by atoms with Gasteiger partial charge < -0.3 is 10.1 Å². The van der Waals surface area contributed by atoms with Gasteiger partial charge in [-0.15, -0.1) is 0 Å². The number of carbonyl (C=O) groups is 1. The molecule has 2 heterocycles. The van der Waals surface area contributed by atoms with E-state index in [0.717, 1.165) is 18.1 Å². The second-order valence-corrected chi connectivity index (χ2v) is 6.19. The van der Waals surface area contributed by atoms with E-state index in [2.05, 4.69) is 15.0 Å². The Morgan fingerprint density at radius 1 is 1.35 bits per heavy atom. The summed E-state index contributed by atoms with van der Waals surface area (Å²) in [7, 11) is 0. The molecule has 0 aliphatic carbocycles. The highest BCUT2D eigenvalue weighted by Crippen LogP contribution is 2.23. The van der Waals surface area contributed by atoms with Gasteiger partial charge in [0.2, 0.25) is 0 Å². The topological polar surface area (TPSA) is 51.2 Å². The number of hydrogen-bond donors (Lipinski definition) is 1. The zero-order valence-electron chi connectivity index (χ0n) is 12.4. The monoisotopic (exact) mass is 298 g/mol. The second-order valence-electron chi connectivity index (χ2n) is 5.75. The summed E-state index contributed by atoms with van der Waals surface area (Å²) in [6, 6.07) is 3.96. The molecule has 0 bridgehead atoms. The molecule has 1 aliphatic rings. The van der Waals surface area contributed by atoms with E-state index in [1.54, 1.807) is 6.20 Å². The third-order valence-corrected chi connectivity index (χ3v) is 3.13. The van der Waals surface area contributed by atoms with E-state index < -0.39 is 0 Å². The van der Waals surface area contributed by atoms with Gasteiger partial charge in [-0.2, -0.15) is 0 Å². The lowest BCUT2D eigenvalue weighted by Crippen LogP contribution is -2.26. The van der Waals surface area contributed by atoms with Crippen molar-refractivity contribution in [3.05, 3.63) is 29.0 Å². The Kier molecular flexibility index (Phi) is 6.96. The Morgan fingerprint density at radius 2 is 2.00 bits per heavy atom. The standard InChI is InChI=1S/C10H13ClN2.C5H10O2/c11-9-1-2-10(13-7-9)8-3-5-12-6-4-8;1-5(2,3)7-4-6/h1-2,7-8,12H,3-6H2;4H,1-3H3. The zero-order valence-corrected chi connectivity index (χ0v) is 13.1. The Hall–Kier alpha value is -1.13. The van der Waals surface area contributed by atoms with Crippen LogP contribution in [0.25, 0.3) is 0 Å². The Labute approximate surface area is 125 Å². The molecular formula is C15H23ClN2O2. The number of carbonyl (C=O) groups excluding carboxylic acids is 1. The van der Waals surface area contributed by atoms with Crippen LogP contribution in [0.5, 0.6) is 0 Å². The lowest BCUT2D eigenvalue weighted by Gasteiger charge is -2.21. The number of halogens is 1. The van der Waals surface area contributed by atoms with Gasteiger partial charge in [-0.1, -0.05) is 11.6 Å². The van der Waals surface area contributed by atoms with E-state index in [0.29, 0.717) is 12.4 Å². The molecule has 1 aromatic rings. The minimum absolute atomic E-state index is 0.318. The Morgan fingerprint density at radius 3 is 2.40 bits per heavy atom. The summed E-state index contributed by atoms with van der Waals surface area (Å²) in [6.07, 6.45) is 4.11. The number of piperidine rings is 1. The van der Waals surface area contributed by atoms with Crippen LogP contribution in [0.15, 0.2) is 18.3 Å². The molecule has 1 aliphatic heterocycles. The fourth-order valence-electron chi connectivity index (χ4n) is 1.89. The summed E-state index contributed by atoms with van der Waals surface area (Å²) in [5.41, 5.74) is 0.868. The van der Waals surface area contributed by atoms with Crippen LogP contribution in [0.4, 0.5) is 0 Å². The molecule has 1 aromatic heterocycles. The first-order valence-electron chi connectivity index (χ1n) is 6.86. The molecule has 0 amide bonds. The third-order valence-electron chi connectivity index (χ3n) is 2.91. The first-order chi connectivity index (χ1) is 9.42. The summed E-state index contributed by atoms with van der Waals surface area (Å²) >= 11 is 5.78. The van der Waals surface area contributed by atoms with Gasteiger partial charge in [-0.05, 0) is 58.8 Å². The van der Waals surface area contributed by atoms with Crippen molar-refractivity contribution < 1.29 is 9.53 Å². The van der Waals surface area contributed by atoms with Gasteiger partial charge in [0.1, 0.15) is 5.60 Å². The van der Waals surface area contributed by atoms with Crippen molar-refractivity contribution in [3.8, 4) is 0 Å². The van der Waals surface area contributed by atoms with Gasteiger partial charge in [0.25, 0.3) is 6.47 Å². The number of nitrogens with one attached hydrogen (secondary N) is 1. The van der Waals surface area contributed by atoms with Gasteiger partial charge in [0.05, 0.1) is 5.02 Å². The molecule has 2 rings (SSSR count). The van der Waals surface area contributed by atoms with Crippen LogP contribution < -0.4 is 5.32 Å². The van der Waals surface area contributed by atoms with E-state index in [-0.39, 0.29) is 5.60 Å². The van der Waals surface area contributed by atoms with E-state index in [9.17, 15) is 4.79 Å². The van der Waals surface area contributed by atoms with Crippen LogP contribution in [0.3, 0.4) is 0 Å². The van der Waals surface area contributed by atoms with E-state index in [1.165, 1.54) is 18.5 Å². The molecule has 0 spiro atoms. The molecule has 20 heavy (non-hydrogen) atoms. The first kappa shape index (κ1) is 16.9. The van der Waals surface area contributed by atoms with Crippen LogP contribution in [0, 0.1) is 0 Å². The van der Waals surface area contributed by atoms with E-state index in [4.69, 9.17) is 11.6 Å². The number of pyridine rings is 1. The lowest BCUT2D eigenvalue weighted by molar-refractivity contribution is -0.138. The third kappa shape index (κ3) is 6.87. The van der Waals surface area contributed by atoms with Crippen molar-refractivity contribution in [1.82, 2.24) is 10.3 Å². The van der Waals surface area contributed by atoms with Gasteiger partial charge >= 0.3 is 0 Å². The van der Waals surface area contributed by atoms with Crippen LogP contribution in [0.2, 0.25) is 5.02 Å². The van der Waals surface area contributed by atoms with E-state index >= 15 is 0 Å². The predicted octanol–water partition coefficient (Wildman–Crippen LogP) is 3.16. The Bertz CT molecular complexity index is 395. The molecule has 112 valence electrons. The number of nitrogens with zero attached hydrogens (tertiary/aromatic N) is 1. The molecule has 0 saturated carbocycles.